The van der Waals surface area contributed by atoms with Crippen molar-refractivity contribution in [2.45, 2.75) is 63.5 Å². The smallest absolute Gasteiger partial charge is 0.130 e. The first-order valence-electron chi connectivity index (χ1n) is 13.6. The van der Waals surface area contributed by atoms with Crippen molar-refractivity contribution in [3.05, 3.63) is 29.6 Å². The van der Waals surface area contributed by atoms with Crippen molar-refractivity contribution in [3.8, 4) is 6.07 Å². The largest absolute Gasteiger partial charge is 0.377 e. The van der Waals surface area contributed by atoms with Crippen LogP contribution in [0.25, 0.3) is 10.9 Å². The molecule has 190 valence electrons. The molecule has 0 radical (unpaired) electrons. The number of hydrazone groups is 1. The Kier molecular flexibility index (Phi) is 6.30. The predicted octanol–water partition coefficient (Wildman–Crippen LogP) is 3.78. The number of anilines is 1. The number of nitrogens with zero attached hydrogens (tertiary/aromatic N) is 6. The summed E-state index contributed by atoms with van der Waals surface area (Å²) in [6.07, 6.45) is 9.63. The van der Waals surface area contributed by atoms with Crippen molar-refractivity contribution < 1.29 is 4.74 Å². The fraction of sp³-hybridized carbons (Fsp3) is 0.643. The zero-order chi connectivity index (χ0) is 24.7. The first-order chi connectivity index (χ1) is 17.6. The van der Waals surface area contributed by atoms with Gasteiger partial charge in [0.05, 0.1) is 48.0 Å². The van der Waals surface area contributed by atoms with Gasteiger partial charge in [-0.3, -0.25) is 4.98 Å². The number of ether oxygens (including phenoxy) is 1. The fourth-order valence-corrected chi connectivity index (χ4v) is 6.35. The number of likely N-dealkylation sites (tertiary alicyclic amines) is 1. The molecule has 3 atom stereocenters. The lowest BCUT2D eigenvalue weighted by atomic mass is 9.72. The van der Waals surface area contributed by atoms with Gasteiger partial charge in [0.1, 0.15) is 5.82 Å². The molecule has 1 N–H and O–H groups in total. The molecule has 2 unspecified atom stereocenters. The summed E-state index contributed by atoms with van der Waals surface area (Å²) in [6, 6.07) is 7.29. The average molecular weight is 488 g/mol. The number of fused-ring (bicyclic) bond motifs is 1. The maximum atomic E-state index is 10.7. The minimum atomic E-state index is -0.522. The van der Waals surface area contributed by atoms with Crippen molar-refractivity contribution >= 4 is 22.9 Å². The predicted molar refractivity (Wildman–Crippen MR) is 141 cm³/mol. The topological polar surface area (TPSA) is 89.7 Å². The summed E-state index contributed by atoms with van der Waals surface area (Å²) < 4.78 is 5.72. The summed E-state index contributed by atoms with van der Waals surface area (Å²) >= 11 is 0. The highest BCUT2D eigenvalue weighted by atomic mass is 16.5. The number of rotatable bonds is 5. The highest BCUT2D eigenvalue weighted by Crippen LogP contribution is 2.42. The molecule has 8 nitrogen and oxygen atoms in total. The lowest BCUT2D eigenvalue weighted by Crippen LogP contribution is -2.45. The first-order valence-corrected chi connectivity index (χ1v) is 13.6. The molecule has 5 heterocycles. The molecule has 8 heteroatoms. The van der Waals surface area contributed by atoms with Gasteiger partial charge in [-0.2, -0.15) is 10.4 Å². The van der Waals surface area contributed by atoms with Crippen molar-refractivity contribution in [2.24, 2.45) is 16.9 Å². The Bertz CT molecular complexity index is 1180. The van der Waals surface area contributed by atoms with Gasteiger partial charge < -0.3 is 20.0 Å². The van der Waals surface area contributed by atoms with Gasteiger partial charge >= 0.3 is 0 Å². The van der Waals surface area contributed by atoms with E-state index in [0.29, 0.717) is 13.2 Å². The van der Waals surface area contributed by atoms with Crippen LogP contribution >= 0.6 is 0 Å². The second kappa shape index (κ2) is 9.60. The zero-order valence-corrected chi connectivity index (χ0v) is 21.5. The Labute approximate surface area is 213 Å². The minimum absolute atomic E-state index is 0.0197. The van der Waals surface area contributed by atoms with Gasteiger partial charge in [0.2, 0.25) is 0 Å². The van der Waals surface area contributed by atoms with Gasteiger partial charge in [-0.05, 0) is 69.3 Å². The molecule has 2 aromatic rings. The molecule has 0 spiro atoms. The minimum Gasteiger partial charge on any atom is -0.377 e. The van der Waals surface area contributed by atoms with Crippen LogP contribution in [0.2, 0.25) is 0 Å². The molecule has 6 rings (SSSR count). The maximum absolute atomic E-state index is 10.7. The van der Waals surface area contributed by atoms with Crippen LogP contribution in [0.3, 0.4) is 0 Å². The third kappa shape index (κ3) is 4.12. The van der Waals surface area contributed by atoms with E-state index >= 15 is 0 Å². The number of nitrogens with one attached hydrogen (secondary N) is 1. The Morgan fingerprint density at radius 1 is 1.22 bits per heavy atom. The van der Waals surface area contributed by atoms with E-state index in [0.717, 1.165) is 66.4 Å². The zero-order valence-electron chi connectivity index (χ0n) is 21.5. The van der Waals surface area contributed by atoms with E-state index in [2.05, 4.69) is 52.4 Å². The summed E-state index contributed by atoms with van der Waals surface area (Å²) in [4.78, 5) is 14.9. The number of hydrogen-bond acceptors (Lipinski definition) is 8. The third-order valence-electron chi connectivity index (χ3n) is 8.93. The highest BCUT2D eigenvalue weighted by Gasteiger charge is 2.40. The van der Waals surface area contributed by atoms with Gasteiger partial charge in [-0.15, -0.1) is 0 Å². The van der Waals surface area contributed by atoms with Crippen LogP contribution in [-0.2, 0) is 10.2 Å². The third-order valence-corrected chi connectivity index (χ3v) is 8.93. The molecular formula is C28H37N7O. The molecule has 3 fully saturated rings. The van der Waals surface area contributed by atoms with Crippen molar-refractivity contribution in [2.75, 3.05) is 44.3 Å². The molecular weight excluding hydrogens is 450 g/mol. The molecule has 36 heavy (non-hydrogen) atoms. The Hall–Kier alpha value is -2.76. The molecule has 1 saturated carbocycles. The number of nitriles is 1. The monoisotopic (exact) mass is 487 g/mol. The lowest BCUT2D eigenvalue weighted by Gasteiger charge is -2.41. The van der Waals surface area contributed by atoms with Crippen LogP contribution < -0.4 is 10.3 Å². The number of pyridine rings is 2. The molecule has 3 aliphatic heterocycles. The van der Waals surface area contributed by atoms with E-state index in [4.69, 9.17) is 14.7 Å². The van der Waals surface area contributed by atoms with Crippen LogP contribution in [0.1, 0.15) is 63.3 Å². The van der Waals surface area contributed by atoms with Crippen LogP contribution in [0.4, 0.5) is 5.82 Å². The van der Waals surface area contributed by atoms with Crippen LogP contribution in [0.15, 0.2) is 23.4 Å². The van der Waals surface area contributed by atoms with Crippen molar-refractivity contribution in [3.63, 3.8) is 0 Å². The molecule has 2 aromatic heterocycles. The number of aromatic nitrogens is 2. The molecule has 0 aromatic carbocycles. The number of morpholine rings is 1. The highest BCUT2D eigenvalue weighted by molar-refractivity contribution is 5.88. The van der Waals surface area contributed by atoms with E-state index in [9.17, 15) is 5.26 Å². The van der Waals surface area contributed by atoms with Crippen LogP contribution in [-0.4, -0.2) is 66.5 Å². The summed E-state index contributed by atoms with van der Waals surface area (Å²) in [5, 5.41) is 16.1. The Morgan fingerprint density at radius 2 is 2.06 bits per heavy atom. The standard InChI is InChI=1S/C28H37N7O/c1-19-15-31-33-25(19)27-26-22(6-9-30-27)23(14-24(32-26)35-12-13-36-17-20(35)2)28(18-29)7-10-34(11-8-28)16-21-4-3-5-21/h6,9,14-15,19-21,25,33H,3-5,7-8,10-13,16-17H2,1-2H3/t19?,20-,25?/m1/s1. The number of hydrogen-bond donors (Lipinski definition) is 1. The lowest BCUT2D eigenvalue weighted by molar-refractivity contribution is 0.0985. The van der Waals surface area contributed by atoms with Gasteiger partial charge in [-0.25, -0.2) is 4.98 Å². The second-order valence-corrected chi connectivity index (χ2v) is 11.3. The Morgan fingerprint density at radius 3 is 2.72 bits per heavy atom. The quantitative estimate of drug-likeness (QED) is 0.686. The number of piperidine rings is 1. The Balaban J connectivity index is 1.43. The SMILES string of the molecule is CC1C=NNC1c1nccc2c(C3(C#N)CCN(CC4CCC4)CC3)cc(N3CCOC[C@H]3C)nc12. The van der Waals surface area contributed by atoms with Gasteiger partial charge in [-0.1, -0.05) is 13.3 Å². The van der Waals surface area contributed by atoms with Gasteiger partial charge in [0.25, 0.3) is 0 Å². The van der Waals surface area contributed by atoms with Gasteiger partial charge in [0.15, 0.2) is 0 Å². The molecule has 2 saturated heterocycles. The van der Waals surface area contributed by atoms with Crippen LogP contribution in [0.5, 0.6) is 0 Å². The summed E-state index contributed by atoms with van der Waals surface area (Å²) in [5.74, 6) is 2.01. The van der Waals surface area contributed by atoms with Gasteiger partial charge in [0, 0.05) is 36.8 Å². The normalized spacial score (nSPS) is 28.6. The van der Waals surface area contributed by atoms with E-state index in [-0.39, 0.29) is 18.0 Å². The van der Waals surface area contributed by atoms with Crippen molar-refractivity contribution in [1.29, 1.82) is 5.26 Å². The second-order valence-electron chi connectivity index (χ2n) is 11.3. The average Bonchev–Trinajstić information content (AvgIpc) is 3.31. The molecule has 0 amide bonds. The summed E-state index contributed by atoms with van der Waals surface area (Å²) in [5.41, 5.74) is 5.64. The fourth-order valence-electron chi connectivity index (χ4n) is 6.35. The van der Waals surface area contributed by atoms with E-state index < -0.39 is 5.41 Å². The maximum Gasteiger partial charge on any atom is 0.130 e. The van der Waals surface area contributed by atoms with E-state index in [1.165, 1.54) is 25.8 Å². The molecule has 4 aliphatic rings. The molecule has 0 bridgehead atoms. The molecule has 1 aliphatic carbocycles. The first kappa shape index (κ1) is 23.6. The summed E-state index contributed by atoms with van der Waals surface area (Å²) in [6.45, 7) is 9.64. The van der Waals surface area contributed by atoms with E-state index in [1.807, 2.05) is 12.4 Å². The van der Waals surface area contributed by atoms with E-state index in [1.54, 1.807) is 0 Å². The van der Waals surface area contributed by atoms with Crippen molar-refractivity contribution in [1.82, 2.24) is 20.3 Å². The summed E-state index contributed by atoms with van der Waals surface area (Å²) in [7, 11) is 0. The van der Waals surface area contributed by atoms with Crippen LogP contribution in [0, 0.1) is 23.2 Å².